The van der Waals surface area contributed by atoms with Gasteiger partial charge in [0, 0.05) is 32.2 Å². The molecule has 1 saturated heterocycles. The highest BCUT2D eigenvalue weighted by atomic mass is 35.5. The van der Waals surface area contributed by atoms with Crippen LogP contribution in [-0.2, 0) is 11.2 Å². The minimum atomic E-state index is 0.0823. The maximum Gasteiger partial charge on any atom is 0.233 e. The average Bonchev–Trinajstić information content (AvgIpc) is 2.65. The summed E-state index contributed by atoms with van der Waals surface area (Å²) in [5.41, 5.74) is 0.864. The van der Waals surface area contributed by atoms with E-state index in [9.17, 15) is 4.79 Å². The molecule has 8 heteroatoms. The Morgan fingerprint density at radius 3 is 2.44 bits per heavy atom. The fourth-order valence-electron chi connectivity index (χ4n) is 2.71. The first-order valence-electron chi connectivity index (χ1n) is 7.91. The second-order valence-electron chi connectivity index (χ2n) is 5.73. The molecule has 1 aromatic carbocycles. The third-order valence-electron chi connectivity index (χ3n) is 4.13. The van der Waals surface area contributed by atoms with Gasteiger partial charge in [-0.2, -0.15) is 0 Å². The van der Waals surface area contributed by atoms with Crippen LogP contribution in [0.25, 0.3) is 0 Å². The van der Waals surface area contributed by atoms with Gasteiger partial charge < -0.3 is 14.5 Å². The van der Waals surface area contributed by atoms with Crippen LogP contribution in [0.4, 0.5) is 5.82 Å². The van der Waals surface area contributed by atoms with Crippen molar-refractivity contribution in [3.8, 4) is 5.88 Å². The normalized spacial score (nSPS) is 14.5. The fraction of sp³-hybridized carbons (Fsp3) is 0.353. The minimum Gasteiger partial charge on any atom is -0.480 e. The summed E-state index contributed by atoms with van der Waals surface area (Å²) in [6.45, 7) is 2.73. The Hall–Kier alpha value is -2.05. The second-order valence-corrected chi connectivity index (χ2v) is 6.54. The van der Waals surface area contributed by atoms with Gasteiger partial charge in [-0.25, -0.2) is 0 Å². The van der Waals surface area contributed by atoms with Gasteiger partial charge in [-0.3, -0.25) is 4.79 Å². The molecule has 0 unspecified atom stereocenters. The summed E-state index contributed by atoms with van der Waals surface area (Å²) < 4.78 is 5.01. The molecular formula is C17H18Cl2N4O2. The number of carbonyl (C=O) groups is 1. The van der Waals surface area contributed by atoms with E-state index in [-0.39, 0.29) is 5.91 Å². The van der Waals surface area contributed by atoms with E-state index in [4.69, 9.17) is 27.9 Å². The van der Waals surface area contributed by atoms with Gasteiger partial charge in [-0.1, -0.05) is 29.3 Å². The van der Waals surface area contributed by atoms with Gasteiger partial charge in [0.15, 0.2) is 5.82 Å². The fourth-order valence-corrected chi connectivity index (χ4v) is 3.03. The molecule has 0 N–H and O–H groups in total. The molecule has 0 bridgehead atoms. The van der Waals surface area contributed by atoms with Crippen molar-refractivity contribution in [3.05, 3.63) is 45.9 Å². The largest absolute Gasteiger partial charge is 0.480 e. The number of rotatable bonds is 4. The smallest absolute Gasteiger partial charge is 0.233 e. The Bertz CT molecular complexity index is 747. The molecule has 0 spiro atoms. The summed E-state index contributed by atoms with van der Waals surface area (Å²) in [7, 11) is 1.56. The van der Waals surface area contributed by atoms with Crippen molar-refractivity contribution in [2.45, 2.75) is 6.42 Å². The van der Waals surface area contributed by atoms with Crippen LogP contribution in [0, 0.1) is 0 Å². The number of amides is 1. The molecule has 1 aliphatic heterocycles. The van der Waals surface area contributed by atoms with Crippen LogP contribution in [-0.4, -0.2) is 54.3 Å². The van der Waals surface area contributed by atoms with Gasteiger partial charge >= 0.3 is 0 Å². The van der Waals surface area contributed by atoms with Crippen LogP contribution < -0.4 is 9.64 Å². The van der Waals surface area contributed by atoms with Crippen LogP contribution in [0.3, 0.4) is 0 Å². The lowest BCUT2D eigenvalue weighted by atomic mass is 10.1. The molecule has 1 aromatic heterocycles. The molecule has 2 aromatic rings. The van der Waals surface area contributed by atoms with Crippen molar-refractivity contribution in [1.82, 2.24) is 15.1 Å². The maximum absolute atomic E-state index is 12.5. The van der Waals surface area contributed by atoms with E-state index in [0.717, 1.165) is 11.4 Å². The van der Waals surface area contributed by atoms with Crippen molar-refractivity contribution in [2.75, 3.05) is 38.2 Å². The highest BCUT2D eigenvalue weighted by molar-refractivity contribution is 6.42. The Morgan fingerprint density at radius 2 is 1.84 bits per heavy atom. The number of anilines is 1. The van der Waals surface area contributed by atoms with Crippen LogP contribution in [0.15, 0.2) is 30.3 Å². The molecule has 0 radical (unpaired) electrons. The van der Waals surface area contributed by atoms with E-state index in [1.165, 1.54) is 0 Å². The maximum atomic E-state index is 12.5. The molecule has 0 saturated carbocycles. The SMILES string of the molecule is COc1ccc(N2CCN(C(=O)Cc3ccc(Cl)c(Cl)c3)CC2)nn1. The first kappa shape index (κ1) is 17.8. The van der Waals surface area contributed by atoms with Crippen molar-refractivity contribution < 1.29 is 9.53 Å². The number of methoxy groups -OCH3 is 1. The molecule has 0 aliphatic carbocycles. The highest BCUT2D eigenvalue weighted by Crippen LogP contribution is 2.23. The average molecular weight is 381 g/mol. The quantitative estimate of drug-likeness (QED) is 0.815. The number of nitrogens with zero attached hydrogens (tertiary/aromatic N) is 4. The van der Waals surface area contributed by atoms with Gasteiger partial charge in [0.1, 0.15) is 0 Å². The lowest BCUT2D eigenvalue weighted by molar-refractivity contribution is -0.130. The van der Waals surface area contributed by atoms with Crippen LogP contribution in [0.5, 0.6) is 5.88 Å². The summed E-state index contributed by atoms with van der Waals surface area (Å²) in [6.07, 6.45) is 0.319. The molecule has 1 fully saturated rings. The Kier molecular flexibility index (Phi) is 5.60. The van der Waals surface area contributed by atoms with Gasteiger partial charge in [0.05, 0.1) is 23.6 Å². The molecule has 2 heterocycles. The summed E-state index contributed by atoms with van der Waals surface area (Å²) >= 11 is 11.9. The lowest BCUT2D eigenvalue weighted by Gasteiger charge is -2.35. The summed E-state index contributed by atoms with van der Waals surface area (Å²) in [4.78, 5) is 16.4. The summed E-state index contributed by atoms with van der Waals surface area (Å²) in [5, 5.41) is 9.09. The van der Waals surface area contributed by atoms with Crippen molar-refractivity contribution in [2.24, 2.45) is 0 Å². The number of benzene rings is 1. The molecule has 1 amide bonds. The lowest BCUT2D eigenvalue weighted by Crippen LogP contribution is -2.49. The predicted octanol–water partition coefficient (Wildman–Crippen LogP) is 2.68. The Morgan fingerprint density at radius 1 is 1.08 bits per heavy atom. The third-order valence-corrected chi connectivity index (χ3v) is 4.87. The minimum absolute atomic E-state index is 0.0823. The van der Waals surface area contributed by atoms with E-state index < -0.39 is 0 Å². The Labute approximate surface area is 156 Å². The first-order chi connectivity index (χ1) is 12.1. The number of aromatic nitrogens is 2. The first-order valence-corrected chi connectivity index (χ1v) is 8.67. The number of hydrogen-bond acceptors (Lipinski definition) is 5. The summed E-state index contributed by atoms with van der Waals surface area (Å²) in [5.74, 6) is 1.36. The molecule has 132 valence electrons. The van der Waals surface area contributed by atoms with Crippen molar-refractivity contribution >= 4 is 34.9 Å². The molecule has 25 heavy (non-hydrogen) atoms. The van der Waals surface area contributed by atoms with Crippen molar-refractivity contribution in [3.63, 3.8) is 0 Å². The molecule has 3 rings (SSSR count). The van der Waals surface area contributed by atoms with E-state index in [0.29, 0.717) is 48.5 Å². The topological polar surface area (TPSA) is 58.6 Å². The zero-order valence-corrected chi connectivity index (χ0v) is 15.3. The number of hydrogen-bond donors (Lipinski definition) is 0. The van der Waals surface area contributed by atoms with Crippen LogP contribution in [0.2, 0.25) is 10.0 Å². The third kappa shape index (κ3) is 4.32. The van der Waals surface area contributed by atoms with Crippen molar-refractivity contribution in [1.29, 1.82) is 0 Å². The predicted molar refractivity (Wildman–Crippen MR) is 97.5 cm³/mol. The van der Waals surface area contributed by atoms with E-state index in [1.807, 2.05) is 17.0 Å². The van der Waals surface area contributed by atoms with Crippen LogP contribution in [0.1, 0.15) is 5.56 Å². The molecule has 0 atom stereocenters. The number of carbonyl (C=O) groups excluding carboxylic acids is 1. The van der Waals surface area contributed by atoms with E-state index in [2.05, 4.69) is 15.1 Å². The number of halogens is 2. The zero-order chi connectivity index (χ0) is 17.8. The monoisotopic (exact) mass is 380 g/mol. The van der Waals surface area contributed by atoms with Crippen LogP contribution >= 0.6 is 23.2 Å². The van der Waals surface area contributed by atoms with Gasteiger partial charge in [-0.15, -0.1) is 10.2 Å². The highest BCUT2D eigenvalue weighted by Gasteiger charge is 2.22. The van der Waals surface area contributed by atoms with E-state index >= 15 is 0 Å². The molecule has 6 nitrogen and oxygen atoms in total. The Balaban J connectivity index is 1.55. The van der Waals surface area contributed by atoms with Gasteiger partial charge in [0.2, 0.25) is 11.8 Å². The van der Waals surface area contributed by atoms with Gasteiger partial charge in [-0.05, 0) is 23.8 Å². The zero-order valence-electron chi connectivity index (χ0n) is 13.8. The molecule has 1 aliphatic rings. The van der Waals surface area contributed by atoms with Gasteiger partial charge in [0.25, 0.3) is 0 Å². The number of piperazine rings is 1. The standard InChI is InChI=1S/C17H18Cl2N4O2/c1-25-16-5-4-15(20-21-16)22-6-8-23(9-7-22)17(24)11-12-2-3-13(18)14(19)10-12/h2-5,10H,6-9,11H2,1H3. The second kappa shape index (κ2) is 7.89. The number of ether oxygens (including phenoxy) is 1. The summed E-state index contributed by atoms with van der Waals surface area (Å²) in [6, 6.07) is 8.94. The molecular weight excluding hydrogens is 363 g/mol. The van der Waals surface area contributed by atoms with E-state index in [1.54, 1.807) is 25.3 Å².